The molecule has 2 N–H and O–H groups in total. The Kier molecular flexibility index (Phi) is 4.99. The van der Waals surface area contributed by atoms with E-state index in [1.807, 2.05) is 6.92 Å². The van der Waals surface area contributed by atoms with Crippen molar-refractivity contribution in [2.24, 2.45) is 11.3 Å². The third kappa shape index (κ3) is 4.20. The number of carbonyl (C=O) groups is 2. The summed E-state index contributed by atoms with van der Waals surface area (Å²) >= 11 is 0. The van der Waals surface area contributed by atoms with E-state index in [2.05, 4.69) is 19.2 Å². The number of carboxylic acid groups (broad SMARTS) is 1. The van der Waals surface area contributed by atoms with E-state index in [0.717, 1.165) is 25.9 Å². The summed E-state index contributed by atoms with van der Waals surface area (Å²) in [5.41, 5.74) is 0.174. The minimum Gasteiger partial charge on any atom is -0.481 e. The Bertz CT molecular complexity index is 315. The monoisotopic (exact) mass is 256 g/mol. The molecule has 0 aromatic heterocycles. The Morgan fingerprint density at radius 3 is 2.56 bits per heavy atom. The second-order valence-electron chi connectivity index (χ2n) is 5.85. The zero-order valence-electron chi connectivity index (χ0n) is 11.5. The van der Waals surface area contributed by atoms with E-state index >= 15 is 0 Å². The molecule has 0 aromatic rings. The number of likely N-dealkylation sites (tertiary alicyclic amines) is 1. The van der Waals surface area contributed by atoms with Crippen LogP contribution in [0.1, 0.15) is 40.0 Å². The average Bonchev–Trinajstić information content (AvgIpc) is 2.64. The van der Waals surface area contributed by atoms with Gasteiger partial charge in [0.2, 0.25) is 0 Å². The van der Waals surface area contributed by atoms with E-state index in [4.69, 9.17) is 5.11 Å². The van der Waals surface area contributed by atoms with Crippen LogP contribution in [0.25, 0.3) is 0 Å². The summed E-state index contributed by atoms with van der Waals surface area (Å²) in [4.78, 5) is 24.6. The highest BCUT2D eigenvalue weighted by Crippen LogP contribution is 2.28. The Hall–Kier alpha value is -1.26. The molecule has 18 heavy (non-hydrogen) atoms. The highest BCUT2D eigenvalue weighted by atomic mass is 16.4. The quantitative estimate of drug-likeness (QED) is 0.789. The molecule has 5 heteroatoms. The number of urea groups is 1. The smallest absolute Gasteiger partial charge is 0.317 e. The van der Waals surface area contributed by atoms with Crippen molar-refractivity contribution in [1.82, 2.24) is 10.2 Å². The van der Waals surface area contributed by atoms with Gasteiger partial charge in [0.1, 0.15) is 0 Å². The van der Waals surface area contributed by atoms with E-state index in [1.54, 1.807) is 4.90 Å². The molecule has 1 fully saturated rings. The van der Waals surface area contributed by atoms with Crippen LogP contribution in [-0.4, -0.2) is 41.6 Å². The largest absolute Gasteiger partial charge is 0.481 e. The molecule has 0 spiro atoms. The van der Waals surface area contributed by atoms with Crippen LogP contribution in [0.4, 0.5) is 4.79 Å². The molecule has 1 heterocycles. The van der Waals surface area contributed by atoms with Crippen LogP contribution in [0.2, 0.25) is 0 Å². The van der Waals surface area contributed by atoms with Crippen molar-refractivity contribution in [2.75, 3.05) is 19.6 Å². The third-order valence-electron chi connectivity index (χ3n) is 3.45. The predicted molar refractivity (Wildman–Crippen MR) is 69.4 cm³/mol. The van der Waals surface area contributed by atoms with E-state index in [1.165, 1.54) is 0 Å². The number of nitrogens with zero attached hydrogens (tertiary/aromatic N) is 1. The Labute approximate surface area is 109 Å². The fourth-order valence-electron chi connectivity index (χ4n) is 2.27. The van der Waals surface area contributed by atoms with Crippen LogP contribution in [0.15, 0.2) is 0 Å². The molecule has 0 aromatic carbocycles. The summed E-state index contributed by atoms with van der Waals surface area (Å²) in [7, 11) is 0. The summed E-state index contributed by atoms with van der Waals surface area (Å²) in [6, 6.07) is -0.136. The van der Waals surface area contributed by atoms with E-state index in [9.17, 15) is 9.59 Å². The lowest BCUT2D eigenvalue weighted by molar-refractivity contribution is -0.141. The lowest BCUT2D eigenvalue weighted by Gasteiger charge is -2.21. The van der Waals surface area contributed by atoms with E-state index in [0.29, 0.717) is 6.42 Å². The van der Waals surface area contributed by atoms with Gasteiger partial charge in [0.05, 0.1) is 5.92 Å². The average molecular weight is 256 g/mol. The Morgan fingerprint density at radius 2 is 2.11 bits per heavy atom. The summed E-state index contributed by atoms with van der Waals surface area (Å²) in [5.74, 6) is -1.31. The van der Waals surface area contributed by atoms with Gasteiger partial charge in [-0.15, -0.1) is 0 Å². The Balaban J connectivity index is 2.39. The van der Waals surface area contributed by atoms with Crippen molar-refractivity contribution in [1.29, 1.82) is 0 Å². The first-order valence-corrected chi connectivity index (χ1v) is 6.61. The van der Waals surface area contributed by atoms with Crippen molar-refractivity contribution < 1.29 is 14.7 Å². The molecule has 5 nitrogen and oxygen atoms in total. The highest BCUT2D eigenvalue weighted by Gasteiger charge is 2.32. The molecule has 1 aliphatic heterocycles. The number of hydrogen-bond donors (Lipinski definition) is 2. The maximum Gasteiger partial charge on any atom is 0.317 e. The zero-order valence-corrected chi connectivity index (χ0v) is 11.5. The van der Waals surface area contributed by atoms with E-state index < -0.39 is 11.9 Å². The first-order chi connectivity index (χ1) is 8.35. The molecule has 1 unspecified atom stereocenters. The molecular weight excluding hydrogens is 232 g/mol. The Morgan fingerprint density at radius 1 is 1.44 bits per heavy atom. The van der Waals surface area contributed by atoms with Crippen molar-refractivity contribution in [2.45, 2.75) is 40.0 Å². The summed E-state index contributed by atoms with van der Waals surface area (Å²) in [6.45, 7) is 7.93. The molecule has 0 saturated carbocycles. The van der Waals surface area contributed by atoms with Crippen LogP contribution < -0.4 is 5.32 Å². The van der Waals surface area contributed by atoms with Crippen LogP contribution in [0, 0.1) is 11.3 Å². The SMILES string of the molecule is CCCC(CNC(=O)N1CCC(C)(C)C1)C(=O)O. The molecule has 1 aliphatic rings. The van der Waals surface area contributed by atoms with Gasteiger partial charge in [0, 0.05) is 19.6 Å². The first-order valence-electron chi connectivity index (χ1n) is 6.61. The van der Waals surface area contributed by atoms with Crippen molar-refractivity contribution in [3.63, 3.8) is 0 Å². The summed E-state index contributed by atoms with van der Waals surface area (Å²) in [5, 5.41) is 11.7. The van der Waals surface area contributed by atoms with Crippen LogP contribution in [-0.2, 0) is 4.79 Å². The first kappa shape index (κ1) is 14.8. The van der Waals surface area contributed by atoms with Gasteiger partial charge >= 0.3 is 12.0 Å². The normalized spacial score (nSPS) is 19.6. The molecule has 104 valence electrons. The predicted octanol–water partition coefficient (Wildman–Crippen LogP) is 1.93. The van der Waals surface area contributed by atoms with Gasteiger partial charge in [0.15, 0.2) is 0 Å². The second kappa shape index (κ2) is 6.07. The number of nitrogens with one attached hydrogen (secondary N) is 1. The van der Waals surface area contributed by atoms with Crippen LogP contribution in [0.3, 0.4) is 0 Å². The van der Waals surface area contributed by atoms with Gasteiger partial charge in [-0.1, -0.05) is 27.2 Å². The number of carbonyl (C=O) groups excluding carboxylic acids is 1. The van der Waals surface area contributed by atoms with Crippen LogP contribution >= 0.6 is 0 Å². The molecule has 2 amide bonds. The maximum absolute atomic E-state index is 11.9. The van der Waals surface area contributed by atoms with E-state index in [-0.39, 0.29) is 18.0 Å². The number of rotatable bonds is 5. The number of carboxylic acids is 1. The molecule has 1 atom stereocenters. The van der Waals surface area contributed by atoms with Gasteiger partial charge in [-0.2, -0.15) is 0 Å². The second-order valence-corrected chi connectivity index (χ2v) is 5.85. The molecule has 0 radical (unpaired) electrons. The lowest BCUT2D eigenvalue weighted by Crippen LogP contribution is -2.42. The fourth-order valence-corrected chi connectivity index (χ4v) is 2.27. The third-order valence-corrected chi connectivity index (χ3v) is 3.45. The van der Waals surface area contributed by atoms with Crippen molar-refractivity contribution >= 4 is 12.0 Å². The number of aliphatic carboxylic acids is 1. The minimum absolute atomic E-state index is 0.136. The molecule has 0 aliphatic carbocycles. The standard InChI is InChI=1S/C13H24N2O3/c1-4-5-10(11(16)17)8-14-12(18)15-7-6-13(2,3)9-15/h10H,4-9H2,1-3H3,(H,14,18)(H,16,17). The number of amides is 2. The molecule has 1 saturated heterocycles. The summed E-state index contributed by atoms with van der Waals surface area (Å²) < 4.78 is 0. The fraction of sp³-hybridized carbons (Fsp3) is 0.846. The van der Waals surface area contributed by atoms with Gasteiger partial charge in [0.25, 0.3) is 0 Å². The van der Waals surface area contributed by atoms with Gasteiger partial charge in [-0.05, 0) is 18.3 Å². The topological polar surface area (TPSA) is 69.6 Å². The highest BCUT2D eigenvalue weighted by molar-refractivity contribution is 5.76. The molecule has 0 bridgehead atoms. The van der Waals surface area contributed by atoms with Crippen molar-refractivity contribution in [3.8, 4) is 0 Å². The summed E-state index contributed by atoms with van der Waals surface area (Å²) in [6.07, 6.45) is 2.41. The van der Waals surface area contributed by atoms with Crippen LogP contribution in [0.5, 0.6) is 0 Å². The maximum atomic E-state index is 11.9. The van der Waals surface area contributed by atoms with Gasteiger partial charge in [-0.3, -0.25) is 4.79 Å². The van der Waals surface area contributed by atoms with Crippen molar-refractivity contribution in [3.05, 3.63) is 0 Å². The zero-order chi connectivity index (χ0) is 13.8. The minimum atomic E-state index is -0.834. The number of hydrogen-bond acceptors (Lipinski definition) is 2. The van der Waals surface area contributed by atoms with Gasteiger partial charge < -0.3 is 15.3 Å². The lowest BCUT2D eigenvalue weighted by atomic mass is 9.93. The molecular formula is C13H24N2O3. The molecule has 1 rings (SSSR count). The van der Waals surface area contributed by atoms with Gasteiger partial charge in [-0.25, -0.2) is 4.79 Å².